The minimum atomic E-state index is -0.994. The second-order valence-corrected chi connectivity index (χ2v) is 8.07. The van der Waals surface area contributed by atoms with Crippen LogP contribution in [0.5, 0.6) is 0 Å². The highest BCUT2D eigenvalue weighted by Crippen LogP contribution is 2.12. The van der Waals surface area contributed by atoms with Gasteiger partial charge in [0.15, 0.2) is 5.78 Å². The lowest BCUT2D eigenvalue weighted by Crippen LogP contribution is -2.44. The molecule has 154 valence electrons. The molecule has 3 heteroatoms. The summed E-state index contributed by atoms with van der Waals surface area (Å²) in [7, 11) is 0. The smallest absolute Gasteiger partial charge is 0.162 e. The number of hydrogen-bond acceptors (Lipinski definition) is 3. The molecule has 0 bridgehead atoms. The van der Waals surface area contributed by atoms with Crippen LogP contribution in [0.2, 0.25) is 0 Å². The Kier molecular flexibility index (Phi) is 17.3. The highest BCUT2D eigenvalue weighted by atomic mass is 16.3. The van der Waals surface area contributed by atoms with Crippen LogP contribution in [0.1, 0.15) is 111 Å². The van der Waals surface area contributed by atoms with Crippen LogP contribution in [-0.4, -0.2) is 23.0 Å². The number of ketones is 1. The van der Waals surface area contributed by atoms with Gasteiger partial charge in [0, 0.05) is 12.5 Å². The molecule has 0 aromatic heterocycles. The van der Waals surface area contributed by atoms with Gasteiger partial charge in [0.1, 0.15) is 6.10 Å². The predicted octanol–water partition coefficient (Wildman–Crippen LogP) is 5.94. The van der Waals surface area contributed by atoms with E-state index in [9.17, 15) is 9.90 Å². The van der Waals surface area contributed by atoms with Crippen molar-refractivity contribution in [3.05, 3.63) is 12.2 Å². The van der Waals surface area contributed by atoms with Crippen molar-refractivity contribution in [3.8, 4) is 0 Å². The summed E-state index contributed by atoms with van der Waals surface area (Å²) in [6, 6.07) is -0.439. The van der Waals surface area contributed by atoms with E-state index in [1.54, 1.807) is 0 Å². The first-order chi connectivity index (χ1) is 12.5. The SMILES string of the molecule is CCCCCCCCC=CCCCCCCCC(=O)C(O)[C@@H](N)C(C)C. The van der Waals surface area contributed by atoms with Crippen LogP contribution >= 0.6 is 0 Å². The molecular formula is C23H45NO2. The van der Waals surface area contributed by atoms with Crippen molar-refractivity contribution in [2.45, 2.75) is 123 Å². The molecule has 0 radical (unpaired) electrons. The Labute approximate surface area is 162 Å². The first-order valence-corrected chi connectivity index (χ1v) is 11.1. The molecule has 0 saturated carbocycles. The van der Waals surface area contributed by atoms with Crippen LogP contribution < -0.4 is 5.73 Å². The maximum atomic E-state index is 11.9. The number of Topliss-reactive ketones (excluding diaryl/α,β-unsaturated/α-hetero) is 1. The Bertz CT molecular complexity index is 352. The molecule has 0 aromatic rings. The molecule has 0 heterocycles. The van der Waals surface area contributed by atoms with Gasteiger partial charge in [-0.15, -0.1) is 0 Å². The highest BCUT2D eigenvalue weighted by Gasteiger charge is 2.24. The Balaban J connectivity index is 3.40. The van der Waals surface area contributed by atoms with Gasteiger partial charge in [-0.05, 0) is 38.0 Å². The Morgan fingerprint density at radius 2 is 1.31 bits per heavy atom. The van der Waals surface area contributed by atoms with E-state index in [1.165, 1.54) is 70.6 Å². The number of aliphatic hydroxyl groups excluding tert-OH is 1. The second kappa shape index (κ2) is 17.7. The zero-order valence-corrected chi connectivity index (χ0v) is 17.7. The quantitative estimate of drug-likeness (QED) is 0.233. The van der Waals surface area contributed by atoms with Crippen molar-refractivity contribution < 1.29 is 9.90 Å². The minimum absolute atomic E-state index is 0.0937. The summed E-state index contributed by atoms with van der Waals surface area (Å²) in [6.07, 6.45) is 20.3. The molecule has 2 atom stereocenters. The van der Waals surface area contributed by atoms with E-state index in [-0.39, 0.29) is 11.7 Å². The van der Waals surface area contributed by atoms with Crippen LogP contribution in [0.3, 0.4) is 0 Å². The molecule has 0 aliphatic heterocycles. The first kappa shape index (κ1) is 25.3. The summed E-state index contributed by atoms with van der Waals surface area (Å²) in [5.41, 5.74) is 5.84. The van der Waals surface area contributed by atoms with E-state index in [0.29, 0.717) is 6.42 Å². The summed E-state index contributed by atoms with van der Waals surface area (Å²) in [6.45, 7) is 6.13. The van der Waals surface area contributed by atoms with E-state index >= 15 is 0 Å². The number of rotatable bonds is 18. The monoisotopic (exact) mass is 367 g/mol. The minimum Gasteiger partial charge on any atom is -0.384 e. The normalized spacial score (nSPS) is 14.2. The van der Waals surface area contributed by atoms with Crippen LogP contribution in [0.15, 0.2) is 12.2 Å². The maximum absolute atomic E-state index is 11.9. The molecule has 0 aliphatic rings. The van der Waals surface area contributed by atoms with E-state index in [4.69, 9.17) is 5.73 Å². The van der Waals surface area contributed by atoms with Gasteiger partial charge >= 0.3 is 0 Å². The van der Waals surface area contributed by atoms with Gasteiger partial charge in [-0.2, -0.15) is 0 Å². The van der Waals surface area contributed by atoms with Crippen molar-refractivity contribution in [1.29, 1.82) is 0 Å². The molecule has 3 nitrogen and oxygen atoms in total. The molecule has 26 heavy (non-hydrogen) atoms. The molecule has 3 N–H and O–H groups in total. The van der Waals surface area contributed by atoms with Gasteiger partial charge < -0.3 is 10.8 Å². The van der Waals surface area contributed by atoms with E-state index in [1.807, 2.05) is 13.8 Å². The van der Waals surface area contributed by atoms with Crippen LogP contribution in [-0.2, 0) is 4.79 Å². The topological polar surface area (TPSA) is 63.3 Å². The molecule has 0 spiro atoms. The van der Waals surface area contributed by atoms with E-state index in [0.717, 1.165) is 12.8 Å². The zero-order chi connectivity index (χ0) is 19.6. The lowest BCUT2D eigenvalue weighted by atomic mass is 9.94. The van der Waals surface area contributed by atoms with Gasteiger partial charge in [0.25, 0.3) is 0 Å². The number of allylic oxidation sites excluding steroid dienone is 2. The number of carbonyl (C=O) groups is 1. The fourth-order valence-corrected chi connectivity index (χ4v) is 3.10. The molecule has 0 rings (SSSR count). The summed E-state index contributed by atoms with van der Waals surface area (Å²) < 4.78 is 0. The van der Waals surface area contributed by atoms with Crippen molar-refractivity contribution in [3.63, 3.8) is 0 Å². The highest BCUT2D eigenvalue weighted by molar-refractivity contribution is 5.83. The molecule has 0 aliphatic carbocycles. The van der Waals surface area contributed by atoms with Gasteiger partial charge in [-0.3, -0.25) is 4.79 Å². The van der Waals surface area contributed by atoms with Crippen LogP contribution in [0.4, 0.5) is 0 Å². The first-order valence-electron chi connectivity index (χ1n) is 11.1. The van der Waals surface area contributed by atoms with E-state index < -0.39 is 12.1 Å². The second-order valence-electron chi connectivity index (χ2n) is 8.07. The van der Waals surface area contributed by atoms with Crippen molar-refractivity contribution in [2.24, 2.45) is 11.7 Å². The molecule has 0 aromatic carbocycles. The number of nitrogens with two attached hydrogens (primary N) is 1. The molecule has 1 unspecified atom stereocenters. The third-order valence-corrected chi connectivity index (χ3v) is 5.15. The summed E-state index contributed by atoms with van der Waals surface area (Å²) in [4.78, 5) is 11.9. The third-order valence-electron chi connectivity index (χ3n) is 5.15. The van der Waals surface area contributed by atoms with Crippen LogP contribution in [0.25, 0.3) is 0 Å². The van der Waals surface area contributed by atoms with Crippen LogP contribution in [0, 0.1) is 5.92 Å². The lowest BCUT2D eigenvalue weighted by molar-refractivity contribution is -0.128. The van der Waals surface area contributed by atoms with Crippen molar-refractivity contribution in [2.75, 3.05) is 0 Å². The molecule has 0 saturated heterocycles. The number of aliphatic hydroxyl groups is 1. The summed E-state index contributed by atoms with van der Waals surface area (Å²) in [5, 5.41) is 9.89. The van der Waals surface area contributed by atoms with Gasteiger partial charge in [0.2, 0.25) is 0 Å². The van der Waals surface area contributed by atoms with Crippen molar-refractivity contribution in [1.82, 2.24) is 0 Å². The van der Waals surface area contributed by atoms with E-state index in [2.05, 4.69) is 19.1 Å². The standard InChI is InChI=1S/C23H45NO2/c1-4-5-6-7-8-9-10-11-12-13-14-15-16-17-18-19-21(25)23(26)22(24)20(2)3/h11-12,20,22-23,26H,4-10,13-19,24H2,1-3H3/t22-,23?/m0/s1. The van der Waals surface area contributed by atoms with Crippen molar-refractivity contribution >= 4 is 5.78 Å². The number of carbonyl (C=O) groups excluding carboxylic acids is 1. The maximum Gasteiger partial charge on any atom is 0.162 e. The summed E-state index contributed by atoms with van der Waals surface area (Å²) >= 11 is 0. The average molecular weight is 368 g/mol. The Morgan fingerprint density at radius 3 is 1.81 bits per heavy atom. The number of hydrogen-bond donors (Lipinski definition) is 2. The number of unbranched alkanes of at least 4 members (excludes halogenated alkanes) is 11. The van der Waals surface area contributed by atoms with Gasteiger partial charge in [-0.1, -0.05) is 84.3 Å². The largest absolute Gasteiger partial charge is 0.384 e. The van der Waals surface area contributed by atoms with Gasteiger partial charge in [-0.25, -0.2) is 0 Å². The lowest BCUT2D eigenvalue weighted by Gasteiger charge is -2.20. The zero-order valence-electron chi connectivity index (χ0n) is 17.7. The molecule has 0 fully saturated rings. The van der Waals surface area contributed by atoms with Gasteiger partial charge in [0.05, 0.1) is 0 Å². The predicted molar refractivity (Wildman–Crippen MR) is 113 cm³/mol. The Morgan fingerprint density at radius 1 is 0.846 bits per heavy atom. The fraction of sp³-hybridized carbons (Fsp3) is 0.870. The molecule has 0 amide bonds. The average Bonchev–Trinajstić information content (AvgIpc) is 2.63. The Hall–Kier alpha value is -0.670. The fourth-order valence-electron chi connectivity index (χ4n) is 3.10. The molecular weight excluding hydrogens is 322 g/mol. The summed E-state index contributed by atoms with van der Waals surface area (Å²) in [5.74, 6) is 0.0342. The third kappa shape index (κ3) is 14.5.